The van der Waals surface area contributed by atoms with Crippen molar-refractivity contribution in [3.05, 3.63) is 45.6 Å². The third-order valence-electron chi connectivity index (χ3n) is 3.28. The molecule has 0 bridgehead atoms. The fourth-order valence-corrected chi connectivity index (χ4v) is 3.08. The molecular weight excluding hydrogens is 286 g/mol. The lowest BCUT2D eigenvalue weighted by Crippen LogP contribution is -2.29. The molecule has 0 aliphatic rings. The molecule has 1 aromatic carbocycles. The first-order chi connectivity index (χ1) is 10.0. The van der Waals surface area contributed by atoms with Gasteiger partial charge in [0.05, 0.1) is 11.4 Å². The number of aromatic hydroxyl groups is 1. The number of hydrazine groups is 1. The number of benzene rings is 1. The van der Waals surface area contributed by atoms with Crippen molar-refractivity contribution in [3.63, 3.8) is 0 Å². The van der Waals surface area contributed by atoms with E-state index in [1.54, 1.807) is 18.2 Å². The average Bonchev–Trinajstić information content (AvgIpc) is 2.95. The number of carbonyl (C=O) groups excluding carboxylic acids is 1. The van der Waals surface area contributed by atoms with Crippen LogP contribution in [0.2, 0.25) is 0 Å². The molecule has 5 nitrogen and oxygen atoms in total. The van der Waals surface area contributed by atoms with E-state index in [9.17, 15) is 9.90 Å². The van der Waals surface area contributed by atoms with Crippen LogP contribution in [0.5, 0.6) is 5.75 Å². The smallest absolute Gasteiger partial charge is 0.275 e. The zero-order valence-electron chi connectivity index (χ0n) is 12.1. The number of phenols is 1. The van der Waals surface area contributed by atoms with Gasteiger partial charge in [-0.2, -0.15) is 0 Å². The SMILES string of the molecule is CCN(Cc1ccc(C(=O)NN)s1)c1cc(O)ccc1C. The number of aryl methyl sites for hydroxylation is 1. The number of hydrogen-bond donors (Lipinski definition) is 3. The van der Waals surface area contributed by atoms with E-state index >= 15 is 0 Å². The van der Waals surface area contributed by atoms with Gasteiger partial charge in [0.2, 0.25) is 0 Å². The molecule has 0 unspecified atom stereocenters. The monoisotopic (exact) mass is 305 g/mol. The number of nitrogens with one attached hydrogen (secondary N) is 1. The largest absolute Gasteiger partial charge is 0.508 e. The highest BCUT2D eigenvalue weighted by Crippen LogP contribution is 2.27. The molecule has 0 saturated carbocycles. The Labute approximate surface area is 128 Å². The van der Waals surface area contributed by atoms with Gasteiger partial charge in [-0.15, -0.1) is 11.3 Å². The number of nitrogen functional groups attached to an aromatic ring is 1. The van der Waals surface area contributed by atoms with Gasteiger partial charge < -0.3 is 10.0 Å². The third kappa shape index (κ3) is 3.53. The molecule has 0 aliphatic carbocycles. The molecule has 4 N–H and O–H groups in total. The summed E-state index contributed by atoms with van der Waals surface area (Å²) < 4.78 is 0. The number of rotatable bonds is 5. The number of anilines is 1. The van der Waals surface area contributed by atoms with Crippen molar-refractivity contribution in [2.45, 2.75) is 20.4 Å². The summed E-state index contributed by atoms with van der Waals surface area (Å²) >= 11 is 1.42. The Hall–Kier alpha value is -2.05. The van der Waals surface area contributed by atoms with Crippen molar-refractivity contribution >= 4 is 22.9 Å². The predicted molar refractivity (Wildman–Crippen MR) is 85.5 cm³/mol. The van der Waals surface area contributed by atoms with Crippen molar-refractivity contribution < 1.29 is 9.90 Å². The summed E-state index contributed by atoms with van der Waals surface area (Å²) in [6, 6.07) is 9.04. The Kier molecular flexibility index (Phi) is 4.82. The van der Waals surface area contributed by atoms with Gasteiger partial charge in [0.1, 0.15) is 5.75 Å². The zero-order chi connectivity index (χ0) is 15.4. The first kappa shape index (κ1) is 15.3. The van der Waals surface area contributed by atoms with E-state index in [1.807, 2.05) is 19.1 Å². The Bertz CT molecular complexity index is 640. The Morgan fingerprint density at radius 3 is 2.81 bits per heavy atom. The van der Waals surface area contributed by atoms with Crippen LogP contribution in [0.4, 0.5) is 5.69 Å². The van der Waals surface area contributed by atoms with Crippen LogP contribution in [0, 0.1) is 6.92 Å². The van der Waals surface area contributed by atoms with E-state index < -0.39 is 0 Å². The molecule has 0 spiro atoms. The molecule has 6 heteroatoms. The van der Waals surface area contributed by atoms with Crippen LogP contribution in [-0.4, -0.2) is 17.6 Å². The number of amides is 1. The number of hydrogen-bond acceptors (Lipinski definition) is 5. The highest BCUT2D eigenvalue weighted by atomic mass is 32.1. The van der Waals surface area contributed by atoms with Gasteiger partial charge in [0.15, 0.2) is 0 Å². The third-order valence-corrected chi connectivity index (χ3v) is 4.35. The normalized spacial score (nSPS) is 10.4. The van der Waals surface area contributed by atoms with Gasteiger partial charge in [0.25, 0.3) is 5.91 Å². The standard InChI is InChI=1S/C15H19N3O2S/c1-3-18(13-8-11(19)5-4-10(13)2)9-12-6-7-14(21-12)15(20)17-16/h4-8,19H,3,9,16H2,1-2H3,(H,17,20). The topological polar surface area (TPSA) is 78.6 Å². The van der Waals surface area contributed by atoms with E-state index in [0.29, 0.717) is 11.4 Å². The summed E-state index contributed by atoms with van der Waals surface area (Å²) in [5, 5.41) is 9.67. The summed E-state index contributed by atoms with van der Waals surface area (Å²) in [7, 11) is 0. The minimum Gasteiger partial charge on any atom is -0.508 e. The summed E-state index contributed by atoms with van der Waals surface area (Å²) in [5.74, 6) is 5.12. The molecule has 21 heavy (non-hydrogen) atoms. The Morgan fingerprint density at radius 2 is 2.14 bits per heavy atom. The lowest BCUT2D eigenvalue weighted by molar-refractivity contribution is 0.0957. The zero-order valence-corrected chi connectivity index (χ0v) is 12.9. The van der Waals surface area contributed by atoms with Crippen molar-refractivity contribution in [2.24, 2.45) is 5.84 Å². The molecular formula is C15H19N3O2S. The molecule has 2 aromatic rings. The van der Waals surface area contributed by atoms with Crippen LogP contribution >= 0.6 is 11.3 Å². The van der Waals surface area contributed by atoms with Gasteiger partial charge >= 0.3 is 0 Å². The molecule has 1 heterocycles. The summed E-state index contributed by atoms with van der Waals surface area (Å²) in [6.45, 7) is 5.56. The van der Waals surface area contributed by atoms with Crippen LogP contribution in [-0.2, 0) is 6.54 Å². The average molecular weight is 305 g/mol. The van der Waals surface area contributed by atoms with Crippen molar-refractivity contribution in [1.82, 2.24) is 5.43 Å². The lowest BCUT2D eigenvalue weighted by atomic mass is 10.1. The van der Waals surface area contributed by atoms with E-state index in [-0.39, 0.29) is 11.7 Å². The van der Waals surface area contributed by atoms with Crippen molar-refractivity contribution in [1.29, 1.82) is 0 Å². The number of thiophene rings is 1. The Morgan fingerprint density at radius 1 is 1.38 bits per heavy atom. The van der Waals surface area contributed by atoms with Crippen molar-refractivity contribution in [2.75, 3.05) is 11.4 Å². The van der Waals surface area contributed by atoms with Crippen molar-refractivity contribution in [3.8, 4) is 5.75 Å². The van der Waals surface area contributed by atoms with Crippen LogP contribution in [0.25, 0.3) is 0 Å². The van der Waals surface area contributed by atoms with Gasteiger partial charge in [-0.25, -0.2) is 5.84 Å². The lowest BCUT2D eigenvalue weighted by Gasteiger charge is -2.24. The van der Waals surface area contributed by atoms with Gasteiger partial charge in [-0.1, -0.05) is 6.07 Å². The minimum atomic E-state index is -0.275. The quantitative estimate of drug-likeness (QED) is 0.450. The molecule has 0 fully saturated rings. The number of nitrogens with two attached hydrogens (primary N) is 1. The van der Waals surface area contributed by atoms with Crippen LogP contribution in [0.15, 0.2) is 30.3 Å². The Balaban J connectivity index is 2.21. The first-order valence-corrected chi connectivity index (χ1v) is 7.51. The van der Waals surface area contributed by atoms with Crippen LogP contribution in [0.1, 0.15) is 27.0 Å². The second-order valence-electron chi connectivity index (χ2n) is 4.72. The summed E-state index contributed by atoms with van der Waals surface area (Å²) in [5.41, 5.74) is 4.23. The van der Waals surface area contributed by atoms with Gasteiger partial charge in [0, 0.05) is 23.2 Å². The van der Waals surface area contributed by atoms with E-state index in [4.69, 9.17) is 5.84 Å². The molecule has 0 atom stereocenters. The maximum absolute atomic E-state index is 11.5. The van der Waals surface area contributed by atoms with E-state index in [0.717, 1.165) is 22.7 Å². The molecule has 0 aliphatic heterocycles. The maximum Gasteiger partial charge on any atom is 0.275 e. The number of phenolic OH excluding ortho intramolecular Hbond substituents is 1. The molecule has 2 rings (SSSR count). The molecule has 1 aromatic heterocycles. The highest BCUT2D eigenvalue weighted by molar-refractivity contribution is 7.14. The van der Waals surface area contributed by atoms with Crippen LogP contribution < -0.4 is 16.2 Å². The molecule has 0 saturated heterocycles. The number of carbonyl (C=O) groups is 1. The first-order valence-electron chi connectivity index (χ1n) is 6.69. The second kappa shape index (κ2) is 6.60. The number of nitrogens with zero attached hydrogens (tertiary/aromatic N) is 1. The molecule has 0 radical (unpaired) electrons. The van der Waals surface area contributed by atoms with Gasteiger partial charge in [-0.3, -0.25) is 10.2 Å². The minimum absolute atomic E-state index is 0.253. The molecule has 112 valence electrons. The maximum atomic E-state index is 11.5. The van der Waals surface area contributed by atoms with E-state index in [1.165, 1.54) is 11.3 Å². The predicted octanol–water partition coefficient (Wildman–Crippen LogP) is 2.39. The molecule has 1 amide bonds. The summed E-state index contributed by atoms with van der Waals surface area (Å²) in [6.07, 6.45) is 0. The highest BCUT2D eigenvalue weighted by Gasteiger charge is 2.12. The van der Waals surface area contributed by atoms with Crippen LogP contribution in [0.3, 0.4) is 0 Å². The van der Waals surface area contributed by atoms with E-state index in [2.05, 4.69) is 17.2 Å². The summed E-state index contributed by atoms with van der Waals surface area (Å²) in [4.78, 5) is 15.3. The van der Waals surface area contributed by atoms with Gasteiger partial charge in [-0.05, 0) is 37.6 Å². The second-order valence-corrected chi connectivity index (χ2v) is 5.89. The fourth-order valence-electron chi connectivity index (χ4n) is 2.15. The fraction of sp³-hybridized carbons (Fsp3) is 0.267.